The molecule has 2 amide bonds. The minimum atomic E-state index is -0.365. The molecule has 232 valence electrons. The molecule has 10 heteroatoms. The predicted molar refractivity (Wildman–Crippen MR) is 168 cm³/mol. The van der Waals surface area contributed by atoms with Gasteiger partial charge in [-0.25, -0.2) is 4.39 Å². The van der Waals surface area contributed by atoms with Crippen molar-refractivity contribution in [3.05, 3.63) is 82.4 Å². The molecule has 3 aromatic rings. The summed E-state index contributed by atoms with van der Waals surface area (Å²) >= 11 is 0. The molecule has 0 radical (unpaired) electrons. The van der Waals surface area contributed by atoms with Crippen LogP contribution in [-0.2, 0) is 23.2 Å². The number of likely N-dealkylation sites (N-methyl/N-ethyl adjacent to an activating group) is 1. The number of hydrogen-bond acceptors (Lipinski definition) is 6. The van der Waals surface area contributed by atoms with Crippen LogP contribution in [0.4, 0.5) is 4.39 Å². The van der Waals surface area contributed by atoms with E-state index in [1.54, 1.807) is 11.0 Å². The molecule has 2 heterocycles. The van der Waals surface area contributed by atoms with Crippen molar-refractivity contribution in [1.29, 1.82) is 0 Å². The van der Waals surface area contributed by atoms with Crippen LogP contribution in [0.1, 0.15) is 35.7 Å². The van der Waals surface area contributed by atoms with Gasteiger partial charge in [-0.2, -0.15) is 0 Å². The number of ether oxygens (including phenoxy) is 3. The molecule has 0 unspecified atom stereocenters. The van der Waals surface area contributed by atoms with Crippen molar-refractivity contribution in [3.63, 3.8) is 0 Å². The lowest BCUT2D eigenvalue weighted by molar-refractivity contribution is -0.135. The number of allylic oxidation sites excluding steroid dienone is 2. The van der Waals surface area contributed by atoms with Gasteiger partial charge < -0.3 is 33.9 Å². The third-order valence-corrected chi connectivity index (χ3v) is 8.30. The third kappa shape index (κ3) is 6.65. The molecule has 44 heavy (non-hydrogen) atoms. The Morgan fingerprint density at radius 3 is 2.32 bits per heavy atom. The van der Waals surface area contributed by atoms with E-state index in [0.29, 0.717) is 42.4 Å². The number of benzene rings is 2. The molecule has 0 atom stereocenters. The summed E-state index contributed by atoms with van der Waals surface area (Å²) in [5.74, 6) is 0.576. The lowest BCUT2D eigenvalue weighted by Gasteiger charge is -2.32. The topological polar surface area (TPSA) is 85.3 Å². The molecule has 1 aromatic heterocycles. The monoisotopic (exact) mass is 602 g/mol. The number of carbonyl (C=O) groups excluding carboxylic acids is 2. The molecule has 0 bridgehead atoms. The van der Waals surface area contributed by atoms with Crippen LogP contribution in [0, 0.1) is 5.82 Å². The second kappa shape index (κ2) is 13.4. The predicted octanol–water partition coefficient (Wildman–Crippen LogP) is 4.37. The van der Waals surface area contributed by atoms with Gasteiger partial charge in [-0.05, 0) is 89.9 Å². The smallest absolute Gasteiger partial charge is 0.260 e. The molecule has 2 aromatic carbocycles. The first-order valence-corrected chi connectivity index (χ1v) is 14.6. The molecule has 1 saturated heterocycles. The molecule has 5 rings (SSSR count). The molecule has 1 fully saturated rings. The number of aryl methyl sites for hydroxylation is 1. The van der Waals surface area contributed by atoms with Crippen LogP contribution in [-0.4, -0.2) is 80.2 Å². The number of rotatable bonds is 10. The van der Waals surface area contributed by atoms with Crippen molar-refractivity contribution in [2.45, 2.75) is 19.9 Å². The molecular weight excluding hydrogens is 563 g/mol. The van der Waals surface area contributed by atoms with Gasteiger partial charge in [-0.3, -0.25) is 9.59 Å². The van der Waals surface area contributed by atoms with E-state index in [2.05, 4.69) is 10.2 Å². The lowest BCUT2D eigenvalue weighted by atomic mass is 10.00. The Bertz CT molecular complexity index is 1590. The van der Waals surface area contributed by atoms with Crippen LogP contribution in [0.25, 0.3) is 17.2 Å². The molecule has 1 aliphatic heterocycles. The highest BCUT2D eigenvalue weighted by molar-refractivity contribution is 6.08. The van der Waals surface area contributed by atoms with Crippen LogP contribution >= 0.6 is 0 Å². The summed E-state index contributed by atoms with van der Waals surface area (Å²) in [6, 6.07) is 12.2. The van der Waals surface area contributed by atoms with Gasteiger partial charge in [-0.15, -0.1) is 0 Å². The van der Waals surface area contributed by atoms with Crippen molar-refractivity contribution in [1.82, 2.24) is 19.7 Å². The summed E-state index contributed by atoms with van der Waals surface area (Å²) in [5.41, 5.74) is 5.81. The maximum absolute atomic E-state index is 14.4. The number of nitrogens with zero attached hydrogens (tertiary/aromatic N) is 3. The number of halogens is 1. The highest BCUT2D eigenvalue weighted by atomic mass is 19.1. The van der Waals surface area contributed by atoms with Crippen LogP contribution in [0.3, 0.4) is 0 Å². The average Bonchev–Trinajstić information content (AvgIpc) is 3.54. The van der Waals surface area contributed by atoms with E-state index < -0.39 is 0 Å². The largest absolute Gasteiger partial charge is 0.493 e. The van der Waals surface area contributed by atoms with E-state index in [1.807, 2.05) is 62.1 Å². The number of piperazine rings is 1. The molecule has 1 N–H and O–H groups in total. The van der Waals surface area contributed by atoms with Gasteiger partial charge in [0.15, 0.2) is 18.1 Å². The number of methoxy groups -OCH3 is 2. The van der Waals surface area contributed by atoms with Gasteiger partial charge in [-0.1, -0.05) is 6.07 Å². The average molecular weight is 603 g/mol. The number of aromatic nitrogens is 1. The highest BCUT2D eigenvalue weighted by Gasteiger charge is 2.27. The Morgan fingerprint density at radius 2 is 1.68 bits per heavy atom. The number of amides is 2. The fourth-order valence-corrected chi connectivity index (χ4v) is 5.65. The van der Waals surface area contributed by atoms with Crippen molar-refractivity contribution >= 4 is 29.0 Å². The SMILES string of the molecule is COc1cc(/C=C2/C(C)=C(CC(=O)NCc3cccn3C)c3cc(F)ccc32)cc(OC)c1OCC(=O)N1CCN(C)CC1. The zero-order chi connectivity index (χ0) is 31.4. The van der Waals surface area contributed by atoms with Gasteiger partial charge in [0.25, 0.3) is 5.91 Å². The molecule has 2 aliphatic rings. The van der Waals surface area contributed by atoms with Gasteiger partial charge in [0.05, 0.1) is 27.2 Å². The Kier molecular flexibility index (Phi) is 9.39. The quantitative estimate of drug-likeness (QED) is 0.371. The molecule has 1 aliphatic carbocycles. The fraction of sp³-hybridized carbons (Fsp3) is 0.353. The van der Waals surface area contributed by atoms with E-state index >= 15 is 0 Å². The minimum Gasteiger partial charge on any atom is -0.493 e. The maximum atomic E-state index is 14.4. The zero-order valence-corrected chi connectivity index (χ0v) is 25.9. The first-order chi connectivity index (χ1) is 21.2. The van der Waals surface area contributed by atoms with Crippen molar-refractivity contribution in [2.24, 2.45) is 7.05 Å². The molecule has 0 spiro atoms. The summed E-state index contributed by atoms with van der Waals surface area (Å²) in [6.07, 6.45) is 4.01. The summed E-state index contributed by atoms with van der Waals surface area (Å²) in [7, 11) is 7.03. The normalized spacial score (nSPS) is 15.9. The standard InChI is InChI=1S/C34H39FN4O5/c1-22-27(26-9-8-24(35)18-29(26)28(22)19-32(40)36-20-25-7-6-10-38(25)3)15-23-16-30(42-4)34(31(17-23)43-5)44-21-33(41)39-13-11-37(2)12-14-39/h6-10,15-18H,11-14,19-21H2,1-5H3,(H,36,40)/b27-15-. The van der Waals surface area contributed by atoms with Gasteiger partial charge >= 0.3 is 0 Å². The lowest BCUT2D eigenvalue weighted by Crippen LogP contribution is -2.48. The summed E-state index contributed by atoms with van der Waals surface area (Å²) < 4.78 is 33.6. The van der Waals surface area contributed by atoms with Gasteiger partial charge in [0.1, 0.15) is 5.82 Å². The number of fused-ring (bicyclic) bond motifs is 1. The number of hydrogen-bond donors (Lipinski definition) is 1. The third-order valence-electron chi connectivity index (χ3n) is 8.30. The minimum absolute atomic E-state index is 0.0934. The Morgan fingerprint density at radius 1 is 0.977 bits per heavy atom. The maximum Gasteiger partial charge on any atom is 0.260 e. The van der Waals surface area contributed by atoms with Crippen LogP contribution in [0.2, 0.25) is 0 Å². The number of carbonyl (C=O) groups is 2. The van der Waals surface area contributed by atoms with E-state index in [9.17, 15) is 14.0 Å². The second-order valence-electron chi connectivity index (χ2n) is 11.1. The summed E-state index contributed by atoms with van der Waals surface area (Å²) in [4.78, 5) is 29.8. The summed E-state index contributed by atoms with van der Waals surface area (Å²) in [6.45, 7) is 5.19. The van der Waals surface area contributed by atoms with E-state index in [-0.39, 0.29) is 30.7 Å². The molecule has 0 saturated carbocycles. The van der Waals surface area contributed by atoms with Gasteiger partial charge in [0, 0.05) is 45.1 Å². The van der Waals surface area contributed by atoms with E-state index in [0.717, 1.165) is 46.6 Å². The van der Waals surface area contributed by atoms with Crippen LogP contribution in [0.15, 0.2) is 54.2 Å². The first-order valence-electron chi connectivity index (χ1n) is 14.6. The molecular formula is C34H39FN4O5. The Balaban J connectivity index is 1.39. The Labute approximate surface area is 257 Å². The Hall–Kier alpha value is -4.57. The van der Waals surface area contributed by atoms with E-state index in [4.69, 9.17) is 14.2 Å². The van der Waals surface area contributed by atoms with Crippen molar-refractivity contribution in [2.75, 3.05) is 54.1 Å². The van der Waals surface area contributed by atoms with E-state index in [1.165, 1.54) is 26.4 Å². The first kappa shape index (κ1) is 30.9. The van der Waals surface area contributed by atoms with Crippen LogP contribution < -0.4 is 19.5 Å². The fourth-order valence-electron chi connectivity index (χ4n) is 5.65. The number of nitrogens with one attached hydrogen (secondary N) is 1. The van der Waals surface area contributed by atoms with Gasteiger partial charge in [0.2, 0.25) is 11.7 Å². The van der Waals surface area contributed by atoms with Crippen molar-refractivity contribution < 1.29 is 28.2 Å². The van der Waals surface area contributed by atoms with Crippen LogP contribution in [0.5, 0.6) is 17.2 Å². The molecule has 9 nitrogen and oxygen atoms in total. The highest BCUT2D eigenvalue weighted by Crippen LogP contribution is 2.45. The van der Waals surface area contributed by atoms with Crippen molar-refractivity contribution in [3.8, 4) is 17.2 Å². The summed E-state index contributed by atoms with van der Waals surface area (Å²) in [5, 5.41) is 2.98. The zero-order valence-electron chi connectivity index (χ0n) is 25.9. The second-order valence-corrected chi connectivity index (χ2v) is 11.1.